The highest BCUT2D eigenvalue weighted by Gasteiger charge is 2.35. The lowest BCUT2D eigenvalue weighted by atomic mass is 10.1. The zero-order valence-corrected chi connectivity index (χ0v) is 19.5. The summed E-state index contributed by atoms with van der Waals surface area (Å²) in [4.78, 5) is 25.9. The number of aromatic amines is 1. The number of rotatable bonds is 8. The average molecular weight is 488 g/mol. The van der Waals surface area contributed by atoms with Crippen LogP contribution in [0.4, 0.5) is 11.6 Å². The van der Waals surface area contributed by atoms with Crippen molar-refractivity contribution in [1.82, 2.24) is 29.6 Å². The van der Waals surface area contributed by atoms with Crippen molar-refractivity contribution in [2.24, 2.45) is 5.92 Å². The fraction of sp³-hybridized carbons (Fsp3) is 0.455. The Morgan fingerprint density at radius 3 is 3.09 bits per heavy atom. The van der Waals surface area contributed by atoms with E-state index in [-0.39, 0.29) is 24.0 Å². The Hall–Kier alpha value is -3.15. The van der Waals surface area contributed by atoms with Gasteiger partial charge in [-0.1, -0.05) is 18.2 Å². The summed E-state index contributed by atoms with van der Waals surface area (Å²) in [6.07, 6.45) is 7.37. The van der Waals surface area contributed by atoms with Crippen LogP contribution in [-0.2, 0) is 14.3 Å². The standard InChI is InChI=1S/C22H26ClN7O4/c1-3-18(31)29-8-13(17(10-29)32-2)11-34-21-19-16(23)7-24-20(19)27-22(28-21)26-14-6-25-30(9-14)15-4-5-33-12-15/h3,6-7,9,13,15,17H,1,4-5,8,10-12H2,2H3,(H2,24,26,27,28)/t13-,15?,17?/m1/s1. The van der Waals surface area contributed by atoms with Crippen molar-refractivity contribution in [3.8, 4) is 5.88 Å². The normalized spacial score (nSPS) is 22.4. The summed E-state index contributed by atoms with van der Waals surface area (Å²) in [6, 6.07) is 0.229. The number of methoxy groups -OCH3 is 1. The molecule has 5 rings (SSSR count). The van der Waals surface area contributed by atoms with Gasteiger partial charge in [0.1, 0.15) is 5.65 Å². The van der Waals surface area contributed by atoms with Gasteiger partial charge in [0.15, 0.2) is 0 Å². The number of amides is 1. The van der Waals surface area contributed by atoms with E-state index in [4.69, 9.17) is 25.8 Å². The largest absolute Gasteiger partial charge is 0.477 e. The highest BCUT2D eigenvalue weighted by atomic mass is 35.5. The van der Waals surface area contributed by atoms with Gasteiger partial charge in [0, 0.05) is 45.1 Å². The van der Waals surface area contributed by atoms with Gasteiger partial charge in [0.25, 0.3) is 0 Å². The van der Waals surface area contributed by atoms with E-state index in [9.17, 15) is 4.79 Å². The van der Waals surface area contributed by atoms with Crippen molar-refractivity contribution in [3.05, 3.63) is 36.3 Å². The second kappa shape index (κ2) is 9.61. The number of carbonyl (C=O) groups excluding carboxylic acids is 1. The van der Waals surface area contributed by atoms with Crippen molar-refractivity contribution in [2.45, 2.75) is 18.6 Å². The van der Waals surface area contributed by atoms with Gasteiger partial charge in [-0.15, -0.1) is 0 Å². The molecule has 5 heterocycles. The summed E-state index contributed by atoms with van der Waals surface area (Å²) in [5.74, 6) is 0.541. The molecule has 3 aromatic rings. The summed E-state index contributed by atoms with van der Waals surface area (Å²) >= 11 is 6.38. The molecule has 2 saturated heterocycles. The Morgan fingerprint density at radius 1 is 1.44 bits per heavy atom. The minimum absolute atomic E-state index is 0.0279. The van der Waals surface area contributed by atoms with Crippen LogP contribution < -0.4 is 10.1 Å². The number of hydrogen-bond acceptors (Lipinski definition) is 8. The van der Waals surface area contributed by atoms with Gasteiger partial charge in [0.05, 0.1) is 47.7 Å². The predicted molar refractivity (Wildman–Crippen MR) is 125 cm³/mol. The number of H-pyrrole nitrogens is 1. The average Bonchev–Trinajstić information content (AvgIpc) is 3.64. The Bertz CT molecular complexity index is 1190. The fourth-order valence-corrected chi connectivity index (χ4v) is 4.57. The van der Waals surface area contributed by atoms with Gasteiger partial charge >= 0.3 is 0 Å². The molecule has 180 valence electrons. The van der Waals surface area contributed by atoms with Gasteiger partial charge in [-0.05, 0) is 12.5 Å². The molecule has 2 aliphatic heterocycles. The van der Waals surface area contributed by atoms with E-state index in [1.165, 1.54) is 6.08 Å². The molecule has 2 aliphatic rings. The van der Waals surface area contributed by atoms with Gasteiger partial charge in [-0.3, -0.25) is 9.48 Å². The molecule has 0 aromatic carbocycles. The number of halogens is 1. The molecule has 3 atom stereocenters. The van der Waals surface area contributed by atoms with Gasteiger partial charge in [-0.25, -0.2) is 0 Å². The molecule has 34 heavy (non-hydrogen) atoms. The molecule has 11 nitrogen and oxygen atoms in total. The van der Waals surface area contributed by atoms with Crippen LogP contribution in [-0.4, -0.2) is 81.7 Å². The van der Waals surface area contributed by atoms with E-state index in [2.05, 4.69) is 31.9 Å². The molecule has 0 radical (unpaired) electrons. The van der Waals surface area contributed by atoms with E-state index in [0.717, 1.165) is 18.7 Å². The number of likely N-dealkylation sites (tertiary alicyclic amines) is 1. The highest BCUT2D eigenvalue weighted by Crippen LogP contribution is 2.32. The Kier molecular flexibility index (Phi) is 6.40. The fourth-order valence-electron chi connectivity index (χ4n) is 4.35. The van der Waals surface area contributed by atoms with Crippen LogP contribution in [0.1, 0.15) is 12.5 Å². The third-order valence-electron chi connectivity index (χ3n) is 6.19. The van der Waals surface area contributed by atoms with E-state index in [1.54, 1.807) is 24.4 Å². The van der Waals surface area contributed by atoms with Crippen molar-refractivity contribution in [1.29, 1.82) is 0 Å². The molecule has 2 N–H and O–H groups in total. The van der Waals surface area contributed by atoms with E-state index < -0.39 is 0 Å². The molecule has 2 unspecified atom stereocenters. The van der Waals surface area contributed by atoms with Crippen molar-refractivity contribution >= 4 is 40.2 Å². The molecule has 0 aliphatic carbocycles. The maximum Gasteiger partial charge on any atom is 0.246 e. The third-order valence-corrected chi connectivity index (χ3v) is 6.49. The zero-order chi connectivity index (χ0) is 23.7. The smallest absolute Gasteiger partial charge is 0.246 e. The van der Waals surface area contributed by atoms with Crippen molar-refractivity contribution in [2.75, 3.05) is 45.3 Å². The van der Waals surface area contributed by atoms with E-state index in [1.807, 2.05) is 10.9 Å². The van der Waals surface area contributed by atoms with Crippen LogP contribution in [0.5, 0.6) is 5.88 Å². The topological polar surface area (TPSA) is 119 Å². The molecular weight excluding hydrogens is 462 g/mol. The number of hydrogen-bond donors (Lipinski definition) is 2. The van der Waals surface area contributed by atoms with Gasteiger partial charge in [-0.2, -0.15) is 15.1 Å². The summed E-state index contributed by atoms with van der Waals surface area (Å²) < 4.78 is 19.0. The monoisotopic (exact) mass is 487 g/mol. The van der Waals surface area contributed by atoms with Crippen molar-refractivity contribution in [3.63, 3.8) is 0 Å². The summed E-state index contributed by atoms with van der Waals surface area (Å²) in [6.45, 7) is 6.25. The van der Waals surface area contributed by atoms with Crippen LogP contribution in [0.25, 0.3) is 11.0 Å². The van der Waals surface area contributed by atoms with Crippen LogP contribution in [0.2, 0.25) is 5.02 Å². The zero-order valence-electron chi connectivity index (χ0n) is 18.7. The third kappa shape index (κ3) is 4.46. The first-order valence-electron chi connectivity index (χ1n) is 11.1. The maximum atomic E-state index is 12.0. The minimum atomic E-state index is -0.147. The SMILES string of the molecule is C=CC(=O)N1CC(OC)[C@@H](COc2nc(Nc3cnn(C4CCOC4)c3)nc3[nH]cc(Cl)c23)C1. The molecule has 1 amide bonds. The lowest BCUT2D eigenvalue weighted by Crippen LogP contribution is -2.28. The Morgan fingerprint density at radius 2 is 2.32 bits per heavy atom. The lowest BCUT2D eigenvalue weighted by molar-refractivity contribution is -0.125. The molecule has 12 heteroatoms. The molecule has 0 spiro atoms. The second-order valence-corrected chi connectivity index (χ2v) is 8.76. The molecule has 2 fully saturated rings. The number of carbonyl (C=O) groups is 1. The molecular formula is C22H26ClN7O4. The van der Waals surface area contributed by atoms with Crippen LogP contribution in [0.3, 0.4) is 0 Å². The number of anilines is 2. The molecule has 0 bridgehead atoms. The predicted octanol–water partition coefficient (Wildman–Crippen LogP) is 2.55. The number of nitrogens with zero attached hydrogens (tertiary/aromatic N) is 5. The number of aromatic nitrogens is 5. The Balaban J connectivity index is 1.34. The Labute approximate surface area is 201 Å². The first-order valence-corrected chi connectivity index (χ1v) is 11.4. The summed E-state index contributed by atoms with van der Waals surface area (Å²) in [5, 5.41) is 8.67. The van der Waals surface area contributed by atoms with E-state index >= 15 is 0 Å². The summed E-state index contributed by atoms with van der Waals surface area (Å²) in [7, 11) is 1.63. The van der Waals surface area contributed by atoms with Gasteiger partial charge in [0.2, 0.25) is 17.7 Å². The van der Waals surface area contributed by atoms with Crippen molar-refractivity contribution < 1.29 is 19.0 Å². The number of nitrogens with one attached hydrogen (secondary N) is 2. The molecule has 0 saturated carbocycles. The van der Waals surface area contributed by atoms with Crippen LogP contribution in [0, 0.1) is 5.92 Å². The van der Waals surface area contributed by atoms with Crippen LogP contribution in [0.15, 0.2) is 31.2 Å². The second-order valence-electron chi connectivity index (χ2n) is 8.36. The van der Waals surface area contributed by atoms with Gasteiger partial charge < -0.3 is 29.4 Å². The number of fused-ring (bicyclic) bond motifs is 1. The lowest BCUT2D eigenvalue weighted by Gasteiger charge is -2.17. The molecule has 3 aromatic heterocycles. The highest BCUT2D eigenvalue weighted by molar-refractivity contribution is 6.35. The minimum Gasteiger partial charge on any atom is -0.477 e. The quantitative estimate of drug-likeness (QED) is 0.465. The first kappa shape index (κ1) is 22.6. The maximum absolute atomic E-state index is 12.0. The number of ether oxygens (including phenoxy) is 3. The van der Waals surface area contributed by atoms with Crippen LogP contribution >= 0.6 is 11.6 Å². The first-order chi connectivity index (χ1) is 16.6. The van der Waals surface area contributed by atoms with E-state index in [0.29, 0.717) is 54.2 Å². The summed E-state index contributed by atoms with van der Waals surface area (Å²) in [5.41, 5.74) is 1.30.